The van der Waals surface area contributed by atoms with Crippen molar-refractivity contribution in [2.75, 3.05) is 0 Å². The van der Waals surface area contributed by atoms with Crippen molar-refractivity contribution in [1.82, 2.24) is 19.9 Å². The summed E-state index contributed by atoms with van der Waals surface area (Å²) in [5.41, 5.74) is 0.242. The maximum absolute atomic E-state index is 11.2. The first-order valence-electron chi connectivity index (χ1n) is 4.23. The zero-order valence-electron chi connectivity index (χ0n) is 7.64. The summed E-state index contributed by atoms with van der Waals surface area (Å²) >= 11 is 5.60. The van der Waals surface area contributed by atoms with E-state index in [0.29, 0.717) is 17.3 Å². The molecule has 0 radical (unpaired) electrons. The van der Waals surface area contributed by atoms with Crippen LogP contribution in [0.3, 0.4) is 0 Å². The van der Waals surface area contributed by atoms with Gasteiger partial charge >= 0.3 is 0 Å². The molecule has 0 saturated heterocycles. The Balaban J connectivity index is 2.54. The summed E-state index contributed by atoms with van der Waals surface area (Å²) in [6.45, 7) is 0. The lowest BCUT2D eigenvalue weighted by Gasteiger charge is -1.99. The molecule has 0 aliphatic carbocycles. The minimum Gasteiger partial charge on any atom is -0.304 e. The molecule has 6 heteroatoms. The van der Waals surface area contributed by atoms with E-state index in [2.05, 4.69) is 19.9 Å². The van der Waals surface area contributed by atoms with E-state index in [9.17, 15) is 4.79 Å². The maximum atomic E-state index is 11.2. The summed E-state index contributed by atoms with van der Waals surface area (Å²) in [5.74, 6) is 0.893. The minimum absolute atomic E-state index is 0.184. The molecule has 1 N–H and O–H groups in total. The molecule has 5 nitrogen and oxygen atoms in total. The molecule has 2 heterocycles. The smallest absolute Gasteiger partial charge is 0.251 e. The number of hydrogen-bond acceptors (Lipinski definition) is 4. The second-order valence-corrected chi connectivity index (χ2v) is 3.06. The number of rotatable bonds is 2. The molecule has 2 aromatic heterocycles. The van der Waals surface area contributed by atoms with Crippen LogP contribution < -0.4 is 5.56 Å². The van der Waals surface area contributed by atoms with Crippen LogP contribution in [-0.2, 0) is 5.88 Å². The summed E-state index contributed by atoms with van der Waals surface area (Å²) in [7, 11) is 0. The monoisotopic (exact) mass is 222 g/mol. The third-order valence-corrected chi connectivity index (χ3v) is 1.98. The molecule has 0 unspecified atom stereocenters. The van der Waals surface area contributed by atoms with Crippen LogP contribution in [0.2, 0.25) is 0 Å². The first-order valence-corrected chi connectivity index (χ1v) is 4.76. The van der Waals surface area contributed by atoms with E-state index in [-0.39, 0.29) is 11.4 Å². The fourth-order valence-electron chi connectivity index (χ4n) is 1.10. The number of H-pyrrole nitrogens is 1. The summed E-state index contributed by atoms with van der Waals surface area (Å²) < 4.78 is 0. The maximum Gasteiger partial charge on any atom is 0.251 e. The second-order valence-electron chi connectivity index (χ2n) is 2.79. The SMILES string of the molecule is O=c1cc(CCl)nc(-c2ncccn2)[nH]1. The highest BCUT2D eigenvalue weighted by Crippen LogP contribution is 2.06. The van der Waals surface area contributed by atoms with Crippen LogP contribution in [-0.4, -0.2) is 19.9 Å². The summed E-state index contributed by atoms with van der Waals surface area (Å²) in [6, 6.07) is 3.03. The largest absolute Gasteiger partial charge is 0.304 e. The van der Waals surface area contributed by atoms with Crippen molar-refractivity contribution in [3.05, 3.63) is 40.6 Å². The first-order chi connectivity index (χ1) is 7.29. The molecule has 0 amide bonds. The molecule has 0 aliphatic rings. The van der Waals surface area contributed by atoms with E-state index in [1.807, 2.05) is 0 Å². The van der Waals surface area contributed by atoms with Crippen molar-refractivity contribution in [2.24, 2.45) is 0 Å². The molecule has 0 spiro atoms. The van der Waals surface area contributed by atoms with E-state index in [1.54, 1.807) is 18.5 Å². The molecule has 2 rings (SSSR count). The molecular weight excluding hydrogens is 216 g/mol. The third kappa shape index (κ3) is 2.19. The van der Waals surface area contributed by atoms with Gasteiger partial charge in [-0.15, -0.1) is 11.6 Å². The predicted octanol–water partition coefficient (Wildman–Crippen LogP) is 0.966. The number of aromatic amines is 1. The zero-order chi connectivity index (χ0) is 10.7. The van der Waals surface area contributed by atoms with E-state index >= 15 is 0 Å². The normalized spacial score (nSPS) is 10.2. The van der Waals surface area contributed by atoms with Crippen LogP contribution in [0.1, 0.15) is 5.69 Å². The number of nitrogens with one attached hydrogen (secondary N) is 1. The van der Waals surface area contributed by atoms with Gasteiger partial charge in [-0.3, -0.25) is 4.79 Å². The molecule has 0 aromatic carbocycles. The van der Waals surface area contributed by atoms with Gasteiger partial charge in [0.1, 0.15) is 0 Å². The van der Waals surface area contributed by atoms with Gasteiger partial charge < -0.3 is 4.98 Å². The quantitative estimate of drug-likeness (QED) is 0.769. The lowest BCUT2D eigenvalue weighted by atomic mass is 10.4. The number of alkyl halides is 1. The van der Waals surface area contributed by atoms with Gasteiger partial charge in [-0.25, -0.2) is 15.0 Å². The highest BCUT2D eigenvalue weighted by Gasteiger charge is 2.04. The summed E-state index contributed by atoms with van der Waals surface area (Å²) in [6.07, 6.45) is 3.16. The van der Waals surface area contributed by atoms with Crippen LogP contribution in [0.25, 0.3) is 11.6 Å². The van der Waals surface area contributed by atoms with Gasteiger partial charge in [-0.2, -0.15) is 0 Å². The van der Waals surface area contributed by atoms with Crippen molar-refractivity contribution >= 4 is 11.6 Å². The Labute approximate surface area is 90.2 Å². The van der Waals surface area contributed by atoms with Crippen molar-refractivity contribution in [3.8, 4) is 11.6 Å². The van der Waals surface area contributed by atoms with Crippen molar-refractivity contribution in [1.29, 1.82) is 0 Å². The molecule has 0 bridgehead atoms. The van der Waals surface area contributed by atoms with Gasteiger partial charge in [0.25, 0.3) is 5.56 Å². The molecule has 0 aliphatic heterocycles. The Kier molecular flexibility index (Phi) is 2.73. The van der Waals surface area contributed by atoms with Gasteiger partial charge in [0, 0.05) is 18.5 Å². The Hall–Kier alpha value is -1.75. The highest BCUT2D eigenvalue weighted by atomic mass is 35.5. The molecule has 0 saturated carbocycles. The van der Waals surface area contributed by atoms with Crippen molar-refractivity contribution < 1.29 is 0 Å². The molecule has 0 atom stereocenters. The highest BCUT2D eigenvalue weighted by molar-refractivity contribution is 6.16. The average Bonchev–Trinajstić information content (AvgIpc) is 2.29. The Bertz CT molecular complexity index is 511. The standard InChI is InChI=1S/C9H7ClN4O/c10-5-6-4-7(15)14-9(13-6)8-11-2-1-3-12-8/h1-4H,5H2,(H,13,14,15). The molecule has 15 heavy (non-hydrogen) atoms. The van der Waals surface area contributed by atoms with Crippen LogP contribution in [0.5, 0.6) is 0 Å². The Morgan fingerprint density at radius 2 is 2.07 bits per heavy atom. The van der Waals surface area contributed by atoms with Gasteiger partial charge in [0.15, 0.2) is 11.6 Å². The Morgan fingerprint density at radius 1 is 1.33 bits per heavy atom. The van der Waals surface area contributed by atoms with Crippen molar-refractivity contribution in [3.63, 3.8) is 0 Å². The van der Waals surface area contributed by atoms with Crippen molar-refractivity contribution in [2.45, 2.75) is 5.88 Å². The predicted molar refractivity (Wildman–Crippen MR) is 55.4 cm³/mol. The van der Waals surface area contributed by atoms with E-state index in [4.69, 9.17) is 11.6 Å². The molecule has 0 fully saturated rings. The van der Waals surface area contributed by atoms with Gasteiger partial charge in [0.2, 0.25) is 0 Å². The lowest BCUT2D eigenvalue weighted by Crippen LogP contribution is -2.10. The lowest BCUT2D eigenvalue weighted by molar-refractivity contribution is 1.02. The van der Waals surface area contributed by atoms with Crippen LogP contribution in [0.4, 0.5) is 0 Å². The molecule has 76 valence electrons. The summed E-state index contributed by atoms with van der Waals surface area (Å²) in [4.78, 5) is 25.8. The van der Waals surface area contributed by atoms with Crippen LogP contribution >= 0.6 is 11.6 Å². The first kappa shape index (κ1) is 9.79. The number of hydrogen-bond donors (Lipinski definition) is 1. The average molecular weight is 223 g/mol. The van der Waals surface area contributed by atoms with Crippen LogP contribution in [0.15, 0.2) is 29.3 Å². The third-order valence-electron chi connectivity index (χ3n) is 1.71. The van der Waals surface area contributed by atoms with Crippen LogP contribution in [0, 0.1) is 0 Å². The fourth-order valence-corrected chi connectivity index (χ4v) is 1.24. The van der Waals surface area contributed by atoms with E-state index in [1.165, 1.54) is 6.07 Å². The molecular formula is C9H7ClN4O. The minimum atomic E-state index is -0.261. The topological polar surface area (TPSA) is 71.5 Å². The van der Waals surface area contributed by atoms with E-state index in [0.717, 1.165) is 0 Å². The summed E-state index contributed by atoms with van der Waals surface area (Å²) in [5, 5.41) is 0. The Morgan fingerprint density at radius 3 is 2.73 bits per heavy atom. The van der Waals surface area contributed by atoms with E-state index < -0.39 is 0 Å². The molecule has 2 aromatic rings. The number of aromatic nitrogens is 4. The number of halogens is 1. The second kappa shape index (κ2) is 4.18. The van der Waals surface area contributed by atoms with Gasteiger partial charge in [-0.1, -0.05) is 0 Å². The zero-order valence-corrected chi connectivity index (χ0v) is 8.40. The fraction of sp³-hybridized carbons (Fsp3) is 0.111. The number of nitrogens with zero attached hydrogens (tertiary/aromatic N) is 3. The van der Waals surface area contributed by atoms with Gasteiger partial charge in [-0.05, 0) is 6.07 Å². The van der Waals surface area contributed by atoms with Gasteiger partial charge in [0.05, 0.1) is 11.6 Å².